The number of rotatable bonds is 10. The molecule has 5 fully saturated rings. The van der Waals surface area contributed by atoms with Gasteiger partial charge in [-0.1, -0.05) is 51.1 Å². The number of nitrogens with two attached hydrogens (primary N) is 1. The fraction of sp³-hybridized carbons (Fsp3) is 0.718. The zero-order valence-electron chi connectivity index (χ0n) is 28.6. The van der Waals surface area contributed by atoms with Crippen LogP contribution in [0.3, 0.4) is 0 Å². The van der Waals surface area contributed by atoms with Gasteiger partial charge >= 0.3 is 11.9 Å². The molecule has 2 N–H and O–H groups in total. The van der Waals surface area contributed by atoms with Crippen molar-refractivity contribution >= 4 is 29.3 Å². The van der Waals surface area contributed by atoms with E-state index in [2.05, 4.69) is 26.1 Å². The largest absolute Gasteiger partial charge is 0.466 e. The van der Waals surface area contributed by atoms with E-state index in [1.807, 2.05) is 30.3 Å². The van der Waals surface area contributed by atoms with Crippen LogP contribution in [-0.4, -0.2) is 49.0 Å². The topological polar surface area (TPSA) is 120 Å². The smallest absolute Gasteiger partial charge is 0.306 e. The lowest BCUT2D eigenvalue weighted by molar-refractivity contribution is -0.668. The SMILES string of the molecule is C[C@H](CCC(=O)OCCCC(=O)OC1(c2ccccc2)CC[NH2+]CC1)[C@H]1CC[C@H]2[C@@H]3C(=O)C[C@@H]4CC(=O)CC[C@]4(C)[C@H]3CC(=O)[C@]12C. The van der Waals surface area contributed by atoms with E-state index in [-0.39, 0.29) is 89.7 Å². The van der Waals surface area contributed by atoms with Gasteiger partial charge in [0.1, 0.15) is 23.0 Å². The highest BCUT2D eigenvalue weighted by molar-refractivity contribution is 5.93. The van der Waals surface area contributed by atoms with Gasteiger partial charge in [0.25, 0.3) is 0 Å². The quantitative estimate of drug-likeness (QED) is 0.277. The van der Waals surface area contributed by atoms with Gasteiger partial charge in [-0.3, -0.25) is 24.0 Å². The van der Waals surface area contributed by atoms with Crippen LogP contribution in [0.5, 0.6) is 0 Å². The Labute approximate surface area is 279 Å². The molecule has 1 saturated heterocycles. The molecule has 0 aromatic heterocycles. The van der Waals surface area contributed by atoms with Crippen LogP contribution in [0.1, 0.15) is 110 Å². The number of hydrogen-bond acceptors (Lipinski definition) is 7. The van der Waals surface area contributed by atoms with E-state index in [1.54, 1.807) is 0 Å². The molecule has 8 nitrogen and oxygen atoms in total. The summed E-state index contributed by atoms with van der Waals surface area (Å²) in [7, 11) is 0. The van der Waals surface area contributed by atoms with Crippen LogP contribution in [0, 0.1) is 46.3 Å². The molecule has 47 heavy (non-hydrogen) atoms. The zero-order chi connectivity index (χ0) is 33.4. The second-order valence-corrected chi connectivity index (χ2v) is 16.0. The van der Waals surface area contributed by atoms with Gasteiger partial charge in [-0.05, 0) is 72.7 Å². The minimum atomic E-state index is -0.586. The van der Waals surface area contributed by atoms with Gasteiger partial charge in [0.2, 0.25) is 0 Å². The minimum Gasteiger partial charge on any atom is -0.466 e. The van der Waals surface area contributed by atoms with Crippen molar-refractivity contribution in [3.8, 4) is 0 Å². The summed E-state index contributed by atoms with van der Waals surface area (Å²) in [4.78, 5) is 65.5. The molecule has 8 atom stereocenters. The number of hydrogen-bond donors (Lipinski definition) is 1. The summed E-state index contributed by atoms with van der Waals surface area (Å²) in [6.07, 6.45) is 7.57. The third-order valence-electron chi connectivity index (χ3n) is 13.6. The van der Waals surface area contributed by atoms with Crippen molar-refractivity contribution < 1.29 is 38.8 Å². The molecule has 1 aromatic carbocycles. The third-order valence-corrected chi connectivity index (χ3v) is 13.6. The highest BCUT2D eigenvalue weighted by Crippen LogP contribution is 2.66. The molecule has 5 aliphatic rings. The molecule has 4 saturated carbocycles. The first kappa shape index (κ1) is 34.0. The first-order chi connectivity index (χ1) is 22.5. The van der Waals surface area contributed by atoms with E-state index in [1.165, 1.54) is 0 Å². The van der Waals surface area contributed by atoms with Gasteiger partial charge < -0.3 is 14.8 Å². The van der Waals surface area contributed by atoms with Gasteiger partial charge in [0, 0.05) is 62.7 Å². The van der Waals surface area contributed by atoms with Crippen molar-refractivity contribution in [2.45, 2.75) is 110 Å². The van der Waals surface area contributed by atoms with E-state index in [4.69, 9.17) is 9.47 Å². The predicted molar refractivity (Wildman–Crippen MR) is 175 cm³/mol. The monoisotopic (exact) mass is 648 g/mol. The molecule has 0 unspecified atom stereocenters. The standard InChI is InChI=1S/C39H53NO7/c1-25(11-14-34(44)46-21-7-10-35(45)47-39(17-19-40-20-18-39)26-8-5-4-6-9-26)29-12-13-30-36-31(24-33(43)38(29,30)3)37(2)16-15-28(41)22-27(37)23-32(36)42/h4-6,8-9,25,27,29-31,36,40H,7,10-24H2,1-3H3/p+1/t25-,27+,29-,30+,31+,36+,37+,38-/m1/s1. The fourth-order valence-electron chi connectivity index (χ4n) is 10.8. The van der Waals surface area contributed by atoms with E-state index in [9.17, 15) is 24.0 Å². The van der Waals surface area contributed by atoms with Crippen molar-refractivity contribution in [2.75, 3.05) is 19.7 Å². The lowest BCUT2D eigenvalue weighted by atomic mass is 9.44. The van der Waals surface area contributed by atoms with Gasteiger partial charge in [-0.15, -0.1) is 0 Å². The number of carbonyl (C=O) groups is 5. The van der Waals surface area contributed by atoms with Crippen molar-refractivity contribution in [3.05, 3.63) is 35.9 Å². The van der Waals surface area contributed by atoms with Gasteiger partial charge in [-0.2, -0.15) is 0 Å². The lowest BCUT2D eigenvalue weighted by Crippen LogP contribution is -2.87. The fourth-order valence-corrected chi connectivity index (χ4v) is 10.8. The number of fused-ring (bicyclic) bond motifs is 5. The Kier molecular flexibility index (Phi) is 9.81. The molecule has 4 aliphatic carbocycles. The molecule has 1 aliphatic heterocycles. The number of ketones is 3. The van der Waals surface area contributed by atoms with Crippen molar-refractivity contribution in [2.24, 2.45) is 46.3 Å². The second-order valence-electron chi connectivity index (χ2n) is 16.0. The minimum absolute atomic E-state index is 0.0405. The average molecular weight is 649 g/mol. The van der Waals surface area contributed by atoms with Crippen LogP contribution in [0.15, 0.2) is 30.3 Å². The summed E-state index contributed by atoms with van der Waals surface area (Å²) < 4.78 is 11.6. The number of quaternary nitrogens is 1. The predicted octanol–water partition coefficient (Wildman–Crippen LogP) is 5.11. The maximum Gasteiger partial charge on any atom is 0.306 e. The van der Waals surface area contributed by atoms with Crippen LogP contribution in [0.4, 0.5) is 0 Å². The van der Waals surface area contributed by atoms with Crippen LogP contribution in [0.2, 0.25) is 0 Å². The molecule has 1 aromatic rings. The van der Waals surface area contributed by atoms with E-state index >= 15 is 0 Å². The summed E-state index contributed by atoms with van der Waals surface area (Å²) in [6, 6.07) is 9.98. The maximum absolute atomic E-state index is 14.0. The Hall–Kier alpha value is -2.87. The first-order valence-corrected chi connectivity index (χ1v) is 18.3. The van der Waals surface area contributed by atoms with E-state index in [0.29, 0.717) is 38.5 Å². The van der Waals surface area contributed by atoms with Crippen LogP contribution < -0.4 is 5.32 Å². The number of Topliss-reactive ketones (excluding diaryl/α,β-unsaturated/α-hetero) is 3. The average Bonchev–Trinajstić information content (AvgIpc) is 3.42. The summed E-state index contributed by atoms with van der Waals surface area (Å²) >= 11 is 0. The molecule has 256 valence electrons. The zero-order valence-corrected chi connectivity index (χ0v) is 28.6. The first-order valence-electron chi connectivity index (χ1n) is 18.3. The molecular weight excluding hydrogens is 594 g/mol. The maximum atomic E-state index is 14.0. The summed E-state index contributed by atoms with van der Waals surface area (Å²) in [6.45, 7) is 8.47. The lowest BCUT2D eigenvalue weighted by Gasteiger charge is -2.58. The van der Waals surface area contributed by atoms with E-state index in [0.717, 1.165) is 50.8 Å². The molecule has 0 bridgehead atoms. The summed E-state index contributed by atoms with van der Waals surface area (Å²) in [5.74, 6) is 0.592. The Morgan fingerprint density at radius 3 is 2.40 bits per heavy atom. The Morgan fingerprint density at radius 2 is 1.66 bits per heavy atom. The Morgan fingerprint density at radius 1 is 0.915 bits per heavy atom. The number of benzene rings is 1. The third kappa shape index (κ3) is 6.36. The van der Waals surface area contributed by atoms with Gasteiger partial charge in [0.15, 0.2) is 0 Å². The summed E-state index contributed by atoms with van der Waals surface area (Å²) in [5, 5.41) is 2.25. The van der Waals surface area contributed by atoms with Gasteiger partial charge in [-0.25, -0.2) is 0 Å². The molecular formula is C39H54NO7+. The normalized spacial score (nSPS) is 35.3. The molecule has 0 spiro atoms. The Bertz CT molecular complexity index is 1370. The second kappa shape index (κ2) is 13.6. The number of esters is 2. The number of piperidine rings is 1. The Balaban J connectivity index is 0.979. The number of ether oxygens (including phenoxy) is 2. The van der Waals surface area contributed by atoms with Crippen molar-refractivity contribution in [1.82, 2.24) is 0 Å². The molecule has 6 rings (SSSR count). The molecule has 8 heteroatoms. The van der Waals surface area contributed by atoms with Crippen molar-refractivity contribution in [3.63, 3.8) is 0 Å². The molecule has 1 heterocycles. The van der Waals surface area contributed by atoms with Crippen LogP contribution in [0.25, 0.3) is 0 Å². The molecule has 0 amide bonds. The van der Waals surface area contributed by atoms with Crippen LogP contribution >= 0.6 is 0 Å². The highest BCUT2D eigenvalue weighted by Gasteiger charge is 2.66. The van der Waals surface area contributed by atoms with Gasteiger partial charge in [0.05, 0.1) is 19.7 Å². The van der Waals surface area contributed by atoms with Crippen LogP contribution in [-0.2, 0) is 39.0 Å². The van der Waals surface area contributed by atoms with E-state index < -0.39 is 11.0 Å². The summed E-state index contributed by atoms with van der Waals surface area (Å²) in [5.41, 5.74) is -0.223. The number of carbonyl (C=O) groups excluding carboxylic acids is 5. The van der Waals surface area contributed by atoms with Crippen molar-refractivity contribution in [1.29, 1.82) is 0 Å². The molecule has 0 radical (unpaired) electrons. The highest BCUT2D eigenvalue weighted by atomic mass is 16.6.